The number of nitrogens with one attached hydrogen (secondary N) is 1. The summed E-state index contributed by atoms with van der Waals surface area (Å²) in [5, 5.41) is 12.0. The van der Waals surface area contributed by atoms with Crippen LogP contribution >= 0.6 is 0 Å². The van der Waals surface area contributed by atoms with E-state index >= 15 is 0 Å². The van der Waals surface area contributed by atoms with E-state index in [0.717, 1.165) is 6.07 Å². The zero-order valence-electron chi connectivity index (χ0n) is 17.1. The van der Waals surface area contributed by atoms with Crippen molar-refractivity contribution in [3.8, 4) is 17.3 Å². The Labute approximate surface area is 191 Å². The van der Waals surface area contributed by atoms with Crippen LogP contribution in [0, 0.1) is 0 Å². The highest BCUT2D eigenvalue weighted by Crippen LogP contribution is 2.34. The Morgan fingerprint density at radius 2 is 1.71 bits per heavy atom. The van der Waals surface area contributed by atoms with Crippen LogP contribution in [0.25, 0.3) is 11.5 Å². The second-order valence-electron chi connectivity index (χ2n) is 6.60. The number of aromatic hydroxyl groups is 1. The number of sulfone groups is 2. The number of rotatable bonds is 6. The van der Waals surface area contributed by atoms with Gasteiger partial charge in [0, 0.05) is 12.4 Å². The number of carbonyl (C=O) groups is 1. The Bertz CT molecular complexity index is 1460. The smallest absolute Gasteiger partial charge is 0.501 e. The van der Waals surface area contributed by atoms with Gasteiger partial charge < -0.3 is 10.4 Å². The Balaban J connectivity index is 2.10. The Morgan fingerprint density at radius 3 is 2.29 bits per heavy atom. The predicted octanol–water partition coefficient (Wildman–Crippen LogP) is 2.58. The van der Waals surface area contributed by atoms with Crippen LogP contribution in [0.15, 0.2) is 58.6 Å². The Hall–Kier alpha value is -3.59. The molecule has 0 aliphatic carbocycles. The molecule has 0 aliphatic heterocycles. The third-order valence-electron chi connectivity index (χ3n) is 4.41. The summed E-state index contributed by atoms with van der Waals surface area (Å²) in [5.41, 5.74) is -6.98. The number of carbonyl (C=O) groups excluding carboxylic acids is 1. The molecule has 180 valence electrons. The highest BCUT2D eigenvalue weighted by molar-refractivity contribution is 7.92. The number of anilines is 1. The van der Waals surface area contributed by atoms with Gasteiger partial charge in [0.2, 0.25) is 0 Å². The predicted molar refractivity (Wildman–Crippen MR) is 112 cm³/mol. The van der Waals surface area contributed by atoms with Crippen molar-refractivity contribution in [3.63, 3.8) is 0 Å². The number of hydrogen-bond acceptors (Lipinski definition) is 9. The van der Waals surface area contributed by atoms with E-state index in [2.05, 4.69) is 15.0 Å². The van der Waals surface area contributed by atoms with Crippen LogP contribution in [0.3, 0.4) is 0 Å². The Kier molecular flexibility index (Phi) is 6.61. The fraction of sp³-hybridized carbons (Fsp3) is 0.158. The quantitative estimate of drug-likeness (QED) is 0.470. The van der Waals surface area contributed by atoms with Crippen molar-refractivity contribution in [2.45, 2.75) is 22.2 Å². The number of alkyl halides is 3. The first-order chi connectivity index (χ1) is 15.8. The van der Waals surface area contributed by atoms with Crippen LogP contribution < -0.4 is 5.32 Å². The molecular weight excluding hydrogens is 501 g/mol. The molecule has 0 saturated carbocycles. The maximum Gasteiger partial charge on any atom is 0.501 e. The van der Waals surface area contributed by atoms with Crippen LogP contribution in [0.5, 0.6) is 5.75 Å². The van der Waals surface area contributed by atoms with E-state index in [-0.39, 0.29) is 11.5 Å². The molecule has 1 aromatic carbocycles. The molecule has 0 unspecified atom stereocenters. The first-order valence-corrected chi connectivity index (χ1v) is 12.4. The van der Waals surface area contributed by atoms with Crippen molar-refractivity contribution in [3.05, 3.63) is 54.5 Å². The number of phenolic OH excluding ortho intramolecular Hbond substituents is 1. The average Bonchev–Trinajstić information content (AvgIpc) is 2.79. The van der Waals surface area contributed by atoms with Gasteiger partial charge in [0.05, 0.1) is 21.2 Å². The van der Waals surface area contributed by atoms with E-state index in [9.17, 15) is 39.9 Å². The van der Waals surface area contributed by atoms with Crippen LogP contribution in [0.4, 0.5) is 18.9 Å². The molecule has 0 spiro atoms. The molecule has 2 heterocycles. The maximum absolute atomic E-state index is 12.9. The summed E-state index contributed by atoms with van der Waals surface area (Å²) in [5.74, 6) is -2.35. The minimum Gasteiger partial charge on any atom is -0.506 e. The summed E-state index contributed by atoms with van der Waals surface area (Å²) in [4.78, 5) is 23.1. The fourth-order valence-electron chi connectivity index (χ4n) is 2.67. The highest BCUT2D eigenvalue weighted by atomic mass is 32.2. The molecule has 10 nitrogen and oxygen atoms in total. The lowest BCUT2D eigenvalue weighted by atomic mass is 10.2. The van der Waals surface area contributed by atoms with Gasteiger partial charge in [-0.15, -0.1) is 0 Å². The molecule has 0 bridgehead atoms. The van der Waals surface area contributed by atoms with Gasteiger partial charge in [0.25, 0.3) is 15.7 Å². The molecule has 0 saturated heterocycles. The van der Waals surface area contributed by atoms with E-state index in [0.29, 0.717) is 18.2 Å². The van der Waals surface area contributed by atoms with Gasteiger partial charge in [0.1, 0.15) is 17.1 Å². The first kappa shape index (κ1) is 25.0. The van der Waals surface area contributed by atoms with Gasteiger partial charge >= 0.3 is 5.51 Å². The zero-order valence-corrected chi connectivity index (χ0v) is 18.7. The van der Waals surface area contributed by atoms with Gasteiger partial charge in [-0.25, -0.2) is 31.8 Å². The first-order valence-electron chi connectivity index (χ1n) is 9.25. The third kappa shape index (κ3) is 4.84. The molecule has 1 amide bonds. The summed E-state index contributed by atoms with van der Waals surface area (Å²) in [6, 6.07) is 5.41. The summed E-state index contributed by atoms with van der Waals surface area (Å²) >= 11 is 0. The summed E-state index contributed by atoms with van der Waals surface area (Å²) in [7, 11) is -9.78. The van der Waals surface area contributed by atoms with Gasteiger partial charge in [-0.1, -0.05) is 6.92 Å². The van der Waals surface area contributed by atoms with Crippen LogP contribution in [0.2, 0.25) is 0 Å². The standard InChI is InChI=1S/C19H15F3N4O6S2/c1-2-33(29,30)15-7-5-12(17-23-8-3-9-24-17)25-16(15)18(28)26-13-10-11(4-6-14(13)27)34(31,32)19(20,21)22/h3-10,27H,2H2,1H3,(H,26,28). The molecule has 15 heteroatoms. The van der Waals surface area contributed by atoms with Crippen molar-refractivity contribution >= 4 is 31.3 Å². The van der Waals surface area contributed by atoms with Crippen LogP contribution in [-0.4, -0.2) is 54.1 Å². The highest BCUT2D eigenvalue weighted by Gasteiger charge is 2.47. The fourth-order valence-corrected chi connectivity index (χ4v) is 4.48. The van der Waals surface area contributed by atoms with Crippen molar-refractivity contribution in [2.24, 2.45) is 0 Å². The number of pyridine rings is 1. The largest absolute Gasteiger partial charge is 0.506 e. The molecule has 0 fully saturated rings. The number of amides is 1. The number of nitrogens with zero attached hydrogens (tertiary/aromatic N) is 3. The second kappa shape index (κ2) is 8.98. The molecule has 2 aromatic heterocycles. The molecule has 0 radical (unpaired) electrons. The van der Waals surface area contributed by atoms with Gasteiger partial charge in [-0.3, -0.25) is 4.79 Å². The minimum atomic E-state index is -5.78. The molecule has 0 atom stereocenters. The summed E-state index contributed by atoms with van der Waals surface area (Å²) < 4.78 is 87.0. The van der Waals surface area contributed by atoms with Crippen molar-refractivity contribution in [1.82, 2.24) is 15.0 Å². The van der Waals surface area contributed by atoms with Crippen molar-refractivity contribution in [1.29, 1.82) is 0 Å². The SMILES string of the molecule is CCS(=O)(=O)c1ccc(-c2ncccn2)nc1C(=O)Nc1cc(S(=O)(=O)C(F)(F)F)ccc1O. The average molecular weight is 516 g/mol. The lowest BCUT2D eigenvalue weighted by Crippen LogP contribution is -2.23. The lowest BCUT2D eigenvalue weighted by Gasteiger charge is -2.13. The lowest BCUT2D eigenvalue weighted by molar-refractivity contribution is -0.0436. The Morgan fingerprint density at radius 1 is 1.06 bits per heavy atom. The van der Waals surface area contributed by atoms with Gasteiger partial charge in [0.15, 0.2) is 15.7 Å². The summed E-state index contributed by atoms with van der Waals surface area (Å²) in [6.45, 7) is 1.32. The van der Waals surface area contributed by atoms with Crippen molar-refractivity contribution < 1.29 is 39.9 Å². The van der Waals surface area contributed by atoms with E-state index in [1.54, 1.807) is 0 Å². The van der Waals surface area contributed by atoms with E-state index in [1.807, 2.05) is 5.32 Å². The maximum atomic E-state index is 12.9. The second-order valence-corrected chi connectivity index (χ2v) is 10.8. The van der Waals surface area contributed by atoms with Gasteiger partial charge in [-0.2, -0.15) is 13.2 Å². The monoisotopic (exact) mass is 516 g/mol. The number of aromatic nitrogens is 3. The molecule has 34 heavy (non-hydrogen) atoms. The minimum absolute atomic E-state index is 0.0124. The number of benzene rings is 1. The van der Waals surface area contributed by atoms with Crippen LogP contribution in [0.1, 0.15) is 17.4 Å². The van der Waals surface area contributed by atoms with E-state index in [4.69, 9.17) is 0 Å². The number of halogens is 3. The van der Waals surface area contributed by atoms with E-state index in [1.165, 1.54) is 31.5 Å². The topological polar surface area (TPSA) is 156 Å². The van der Waals surface area contributed by atoms with Crippen molar-refractivity contribution in [2.75, 3.05) is 11.1 Å². The van der Waals surface area contributed by atoms with Gasteiger partial charge in [-0.05, 0) is 36.4 Å². The number of phenols is 1. The summed E-state index contributed by atoms with van der Waals surface area (Å²) in [6.07, 6.45) is 2.76. The normalized spacial score (nSPS) is 12.4. The molecule has 0 aliphatic rings. The zero-order chi connectivity index (χ0) is 25.3. The number of hydrogen-bond donors (Lipinski definition) is 2. The van der Waals surface area contributed by atoms with Crippen LogP contribution in [-0.2, 0) is 19.7 Å². The molecule has 2 N–H and O–H groups in total. The molecular formula is C19H15F3N4O6S2. The third-order valence-corrected chi connectivity index (χ3v) is 7.66. The molecule has 3 aromatic rings. The van der Waals surface area contributed by atoms with E-state index < -0.39 is 63.8 Å². The molecule has 3 rings (SSSR count).